The summed E-state index contributed by atoms with van der Waals surface area (Å²) in [5.74, 6) is -0.340. The van der Waals surface area contributed by atoms with E-state index in [4.69, 9.17) is 11.6 Å². The van der Waals surface area contributed by atoms with Crippen molar-refractivity contribution in [3.63, 3.8) is 0 Å². The Balaban J connectivity index is 1.75. The van der Waals surface area contributed by atoms with Gasteiger partial charge in [0.2, 0.25) is 15.9 Å². The van der Waals surface area contributed by atoms with Crippen LogP contribution in [0.3, 0.4) is 0 Å². The van der Waals surface area contributed by atoms with E-state index in [1.165, 1.54) is 32.3 Å². The first-order valence-electron chi connectivity index (χ1n) is 10.4. The van der Waals surface area contributed by atoms with Gasteiger partial charge in [0.15, 0.2) is 0 Å². The number of amides is 2. The van der Waals surface area contributed by atoms with Gasteiger partial charge >= 0.3 is 0 Å². The molecular formula is C23H30ClN3O4S. The summed E-state index contributed by atoms with van der Waals surface area (Å²) >= 11 is 6.09. The second-order valence-corrected chi connectivity index (χ2v) is 10.3. The van der Waals surface area contributed by atoms with Gasteiger partial charge in [-0.25, -0.2) is 12.7 Å². The van der Waals surface area contributed by atoms with E-state index in [-0.39, 0.29) is 21.4 Å². The lowest BCUT2D eigenvalue weighted by Crippen LogP contribution is -2.27. The Morgan fingerprint density at radius 3 is 2.31 bits per heavy atom. The molecule has 0 heterocycles. The quantitative estimate of drug-likeness (QED) is 0.499. The van der Waals surface area contributed by atoms with E-state index >= 15 is 0 Å². The summed E-state index contributed by atoms with van der Waals surface area (Å²) in [5, 5.41) is 2.95. The molecule has 174 valence electrons. The van der Waals surface area contributed by atoms with Crippen molar-refractivity contribution in [2.45, 2.75) is 37.1 Å². The normalized spacial score (nSPS) is 11.4. The zero-order valence-electron chi connectivity index (χ0n) is 18.7. The lowest BCUT2D eigenvalue weighted by molar-refractivity contribution is -0.130. The van der Waals surface area contributed by atoms with Crippen molar-refractivity contribution in [2.24, 2.45) is 0 Å². The van der Waals surface area contributed by atoms with Gasteiger partial charge in [-0.15, -0.1) is 0 Å². The number of carbonyl (C=O) groups is 2. The molecule has 2 aromatic carbocycles. The number of rotatable bonds is 11. The molecule has 2 amide bonds. The molecule has 0 spiro atoms. The van der Waals surface area contributed by atoms with Crippen LogP contribution in [0.1, 0.15) is 41.6 Å². The fraction of sp³-hybridized carbons (Fsp3) is 0.391. The Hall–Kier alpha value is -2.42. The summed E-state index contributed by atoms with van der Waals surface area (Å²) in [6, 6.07) is 13.9. The smallest absolute Gasteiger partial charge is 0.252 e. The van der Waals surface area contributed by atoms with Crippen molar-refractivity contribution in [2.75, 3.05) is 27.7 Å². The topological polar surface area (TPSA) is 86.8 Å². The van der Waals surface area contributed by atoms with Crippen LogP contribution >= 0.6 is 11.6 Å². The van der Waals surface area contributed by atoms with Crippen LogP contribution < -0.4 is 5.32 Å². The molecule has 9 heteroatoms. The number of hydrogen-bond donors (Lipinski definition) is 1. The van der Waals surface area contributed by atoms with E-state index in [1.807, 2.05) is 30.3 Å². The van der Waals surface area contributed by atoms with Crippen LogP contribution in [-0.4, -0.2) is 57.1 Å². The second-order valence-electron chi connectivity index (χ2n) is 7.73. The largest absolute Gasteiger partial charge is 0.352 e. The maximum Gasteiger partial charge on any atom is 0.252 e. The molecule has 0 aliphatic rings. The zero-order valence-corrected chi connectivity index (χ0v) is 20.2. The van der Waals surface area contributed by atoms with Gasteiger partial charge in [0.1, 0.15) is 0 Å². The summed E-state index contributed by atoms with van der Waals surface area (Å²) in [6.07, 6.45) is 2.67. The lowest BCUT2D eigenvalue weighted by atomic mass is 10.1. The van der Waals surface area contributed by atoms with Crippen LogP contribution in [0.15, 0.2) is 53.4 Å². The Kier molecular flexibility index (Phi) is 9.68. The molecule has 2 rings (SSSR count). The Morgan fingerprint density at radius 2 is 1.66 bits per heavy atom. The SMILES string of the molecule is CN(Cc1ccccc1)C(=O)CCCCCNC(=O)c1cc(S(=O)(=O)N(C)C)ccc1Cl. The highest BCUT2D eigenvalue weighted by Gasteiger charge is 2.20. The van der Waals surface area contributed by atoms with Gasteiger partial charge in [0, 0.05) is 40.7 Å². The summed E-state index contributed by atoms with van der Waals surface area (Å²) in [7, 11) is 0.986. The van der Waals surface area contributed by atoms with Gasteiger partial charge < -0.3 is 10.2 Å². The Morgan fingerprint density at radius 1 is 0.969 bits per heavy atom. The first kappa shape index (κ1) is 25.8. The highest BCUT2D eigenvalue weighted by molar-refractivity contribution is 7.89. The number of carbonyl (C=O) groups excluding carboxylic acids is 2. The number of sulfonamides is 1. The molecule has 0 fully saturated rings. The van der Waals surface area contributed by atoms with E-state index in [1.54, 1.807) is 11.9 Å². The van der Waals surface area contributed by atoms with Crippen molar-refractivity contribution in [1.29, 1.82) is 0 Å². The fourth-order valence-electron chi connectivity index (χ4n) is 3.06. The van der Waals surface area contributed by atoms with Crippen LogP contribution in [0.25, 0.3) is 0 Å². The molecular weight excluding hydrogens is 450 g/mol. The van der Waals surface area contributed by atoms with Crippen LogP contribution in [0.4, 0.5) is 0 Å². The molecule has 0 aliphatic carbocycles. The number of nitrogens with zero attached hydrogens (tertiary/aromatic N) is 2. The highest BCUT2D eigenvalue weighted by Crippen LogP contribution is 2.22. The second kappa shape index (κ2) is 12.0. The molecule has 0 saturated heterocycles. The minimum absolute atomic E-state index is 0.00943. The molecule has 32 heavy (non-hydrogen) atoms. The average Bonchev–Trinajstić information content (AvgIpc) is 2.76. The third-order valence-corrected chi connectivity index (χ3v) is 7.14. The maximum atomic E-state index is 12.5. The number of benzene rings is 2. The van der Waals surface area contributed by atoms with Crippen LogP contribution in [0.5, 0.6) is 0 Å². The molecule has 7 nitrogen and oxygen atoms in total. The van der Waals surface area contributed by atoms with Crippen molar-refractivity contribution in [3.05, 3.63) is 64.7 Å². The molecule has 0 atom stereocenters. The first-order chi connectivity index (χ1) is 15.1. The van der Waals surface area contributed by atoms with Gasteiger partial charge in [-0.1, -0.05) is 48.4 Å². The van der Waals surface area contributed by atoms with Crippen LogP contribution in [0.2, 0.25) is 5.02 Å². The van der Waals surface area contributed by atoms with E-state index in [0.29, 0.717) is 25.9 Å². The molecule has 0 bridgehead atoms. The number of unbranched alkanes of at least 4 members (excludes halogenated alkanes) is 2. The average molecular weight is 480 g/mol. The monoisotopic (exact) mass is 479 g/mol. The van der Waals surface area contributed by atoms with E-state index in [9.17, 15) is 18.0 Å². The van der Waals surface area contributed by atoms with Gasteiger partial charge in [-0.05, 0) is 36.6 Å². The van der Waals surface area contributed by atoms with Crippen molar-refractivity contribution < 1.29 is 18.0 Å². The van der Waals surface area contributed by atoms with Crippen molar-refractivity contribution in [1.82, 2.24) is 14.5 Å². The van der Waals surface area contributed by atoms with E-state index < -0.39 is 15.9 Å². The van der Waals surface area contributed by atoms with E-state index in [2.05, 4.69) is 5.32 Å². The molecule has 1 N–H and O–H groups in total. The molecule has 0 aromatic heterocycles. The van der Waals surface area contributed by atoms with Gasteiger partial charge in [-0.3, -0.25) is 9.59 Å². The first-order valence-corrected chi connectivity index (χ1v) is 12.2. The molecule has 0 radical (unpaired) electrons. The van der Waals surface area contributed by atoms with Gasteiger partial charge in [0.25, 0.3) is 5.91 Å². The van der Waals surface area contributed by atoms with Crippen molar-refractivity contribution in [3.8, 4) is 0 Å². The minimum Gasteiger partial charge on any atom is -0.352 e. The maximum absolute atomic E-state index is 12.5. The van der Waals surface area contributed by atoms with E-state index in [0.717, 1.165) is 22.7 Å². The predicted molar refractivity (Wildman–Crippen MR) is 126 cm³/mol. The third-order valence-electron chi connectivity index (χ3n) is 5.00. The van der Waals surface area contributed by atoms with Crippen LogP contribution in [-0.2, 0) is 21.4 Å². The minimum atomic E-state index is -3.66. The summed E-state index contributed by atoms with van der Waals surface area (Å²) < 4.78 is 25.6. The highest BCUT2D eigenvalue weighted by atomic mass is 35.5. The predicted octanol–water partition coefficient (Wildman–Crippen LogP) is 3.54. The van der Waals surface area contributed by atoms with Gasteiger partial charge in [-0.2, -0.15) is 0 Å². The number of hydrogen-bond acceptors (Lipinski definition) is 4. The standard InChI is InChI=1S/C23H30ClN3O4S/c1-26(2)32(30,31)19-13-14-21(24)20(16-19)23(29)25-15-9-5-8-12-22(28)27(3)17-18-10-6-4-7-11-18/h4,6-7,10-11,13-14,16H,5,8-9,12,15,17H2,1-3H3,(H,25,29). The lowest BCUT2D eigenvalue weighted by Gasteiger charge is -2.17. The molecule has 0 unspecified atom stereocenters. The van der Waals surface area contributed by atoms with Crippen molar-refractivity contribution >= 4 is 33.4 Å². The summed E-state index contributed by atoms with van der Waals surface area (Å²) in [5.41, 5.74) is 1.21. The molecule has 0 aliphatic heterocycles. The summed E-state index contributed by atoms with van der Waals surface area (Å²) in [6.45, 7) is 0.993. The Labute approximate surface area is 195 Å². The summed E-state index contributed by atoms with van der Waals surface area (Å²) in [4.78, 5) is 26.4. The molecule has 0 saturated carbocycles. The number of nitrogens with one attached hydrogen (secondary N) is 1. The van der Waals surface area contributed by atoms with Gasteiger partial charge in [0.05, 0.1) is 15.5 Å². The third kappa shape index (κ3) is 7.32. The Bertz CT molecular complexity index is 1030. The number of halogens is 1. The zero-order chi connectivity index (χ0) is 23.7. The van der Waals surface area contributed by atoms with Crippen LogP contribution in [0, 0.1) is 0 Å². The molecule has 2 aromatic rings. The fourth-order valence-corrected chi connectivity index (χ4v) is 4.19.